The first kappa shape index (κ1) is 13.9. The molecule has 0 amide bonds. The molecule has 0 radical (unpaired) electrons. The van der Waals surface area contributed by atoms with Gasteiger partial charge >= 0.3 is 0 Å². The molecule has 2 unspecified atom stereocenters. The summed E-state index contributed by atoms with van der Waals surface area (Å²) >= 11 is 0. The van der Waals surface area contributed by atoms with Gasteiger partial charge in [0, 0.05) is 0 Å². The summed E-state index contributed by atoms with van der Waals surface area (Å²) in [6.45, 7) is 16.9. The Hall–Kier alpha value is -0.0800. The molecule has 0 aliphatic carbocycles. The lowest BCUT2D eigenvalue weighted by atomic mass is 9.90. The molecule has 0 aromatic carbocycles. The fourth-order valence-corrected chi connectivity index (χ4v) is 0.455. The molecule has 2 atom stereocenters. The Balaban J connectivity index is 3.96. The second-order valence-electron chi connectivity index (χ2n) is 6.21. The average molecular weight is 202 g/mol. The predicted molar refractivity (Wildman–Crippen MR) is 60.0 cm³/mol. The van der Waals surface area contributed by atoms with Crippen LogP contribution in [0.1, 0.15) is 55.4 Å². The van der Waals surface area contributed by atoms with Crippen LogP contribution in [0, 0.1) is 10.8 Å². The quantitative estimate of drug-likeness (QED) is 0.512. The van der Waals surface area contributed by atoms with Crippen LogP contribution in [0.3, 0.4) is 0 Å². The highest BCUT2D eigenvalue weighted by Crippen LogP contribution is 2.26. The third kappa shape index (κ3) is 4.97. The van der Waals surface area contributed by atoms with Crippen molar-refractivity contribution in [1.29, 1.82) is 0 Å². The van der Waals surface area contributed by atoms with Crippen molar-refractivity contribution in [3.8, 4) is 0 Å². The molecule has 0 aliphatic heterocycles. The van der Waals surface area contributed by atoms with Gasteiger partial charge in [0.05, 0.1) is 12.2 Å². The fourth-order valence-electron chi connectivity index (χ4n) is 0.455. The second kappa shape index (κ2) is 4.63. The molecule has 2 heteroatoms. The Bertz CT molecular complexity index is 142. The third-order valence-electron chi connectivity index (χ3n) is 2.78. The summed E-state index contributed by atoms with van der Waals surface area (Å²) < 4.78 is 0. The number of hydrogen-bond acceptors (Lipinski definition) is 2. The van der Waals surface area contributed by atoms with E-state index in [0.29, 0.717) is 0 Å². The predicted octanol–water partition coefficient (Wildman–Crippen LogP) is 3.80. The maximum atomic E-state index is 5.39. The van der Waals surface area contributed by atoms with E-state index >= 15 is 0 Å². The Labute approximate surface area is 88.9 Å². The van der Waals surface area contributed by atoms with Crippen LogP contribution in [0.4, 0.5) is 0 Å². The summed E-state index contributed by atoms with van der Waals surface area (Å²) in [6.07, 6.45) is 0.208. The fraction of sp³-hybridized carbons (Fsp3) is 1.00. The third-order valence-corrected chi connectivity index (χ3v) is 2.78. The molecule has 86 valence electrons. The highest BCUT2D eigenvalue weighted by molar-refractivity contribution is 4.70. The molecule has 0 aliphatic rings. The van der Waals surface area contributed by atoms with Crippen LogP contribution >= 0.6 is 0 Å². The lowest BCUT2D eigenvalue weighted by Gasteiger charge is -2.31. The van der Waals surface area contributed by atoms with Gasteiger partial charge in [-0.05, 0) is 24.7 Å². The minimum atomic E-state index is 0.104. The van der Waals surface area contributed by atoms with Gasteiger partial charge < -0.3 is 0 Å². The summed E-state index contributed by atoms with van der Waals surface area (Å²) in [5.41, 5.74) is 0.245. The van der Waals surface area contributed by atoms with E-state index in [1.165, 1.54) is 0 Å². The van der Waals surface area contributed by atoms with E-state index in [1.807, 2.05) is 13.8 Å². The summed E-state index contributed by atoms with van der Waals surface area (Å²) in [5, 5.41) is 0. The van der Waals surface area contributed by atoms with Crippen LogP contribution in [-0.4, -0.2) is 12.2 Å². The Morgan fingerprint density at radius 1 is 0.643 bits per heavy atom. The number of hydrogen-bond donors (Lipinski definition) is 0. The van der Waals surface area contributed by atoms with E-state index in [-0.39, 0.29) is 23.0 Å². The van der Waals surface area contributed by atoms with Crippen LogP contribution in [0.2, 0.25) is 0 Å². The first-order chi connectivity index (χ1) is 6.05. The van der Waals surface area contributed by atoms with Crippen molar-refractivity contribution < 1.29 is 9.78 Å². The van der Waals surface area contributed by atoms with E-state index in [9.17, 15) is 0 Å². The van der Waals surface area contributed by atoms with Crippen molar-refractivity contribution >= 4 is 0 Å². The van der Waals surface area contributed by atoms with Crippen molar-refractivity contribution in [2.75, 3.05) is 0 Å². The molecule has 14 heavy (non-hydrogen) atoms. The molecule has 0 saturated heterocycles. The Morgan fingerprint density at radius 2 is 0.857 bits per heavy atom. The van der Waals surface area contributed by atoms with Gasteiger partial charge in [-0.1, -0.05) is 41.5 Å². The van der Waals surface area contributed by atoms with Gasteiger partial charge in [0.15, 0.2) is 0 Å². The topological polar surface area (TPSA) is 18.5 Å². The van der Waals surface area contributed by atoms with Crippen molar-refractivity contribution in [2.24, 2.45) is 10.8 Å². The van der Waals surface area contributed by atoms with Gasteiger partial charge in [0.1, 0.15) is 0 Å². The normalized spacial score (nSPS) is 18.0. The van der Waals surface area contributed by atoms with Crippen molar-refractivity contribution in [1.82, 2.24) is 0 Å². The van der Waals surface area contributed by atoms with Gasteiger partial charge in [0.2, 0.25) is 0 Å². The molecule has 0 saturated carbocycles. The lowest BCUT2D eigenvalue weighted by Crippen LogP contribution is -2.32. The van der Waals surface area contributed by atoms with Crippen LogP contribution in [-0.2, 0) is 9.78 Å². The monoisotopic (exact) mass is 202 g/mol. The molecule has 0 bridgehead atoms. The Morgan fingerprint density at radius 3 is 1.00 bits per heavy atom. The van der Waals surface area contributed by atoms with E-state index < -0.39 is 0 Å². The molecule has 0 fully saturated rings. The van der Waals surface area contributed by atoms with Gasteiger partial charge in [-0.15, -0.1) is 0 Å². The van der Waals surface area contributed by atoms with Gasteiger partial charge in [0.25, 0.3) is 0 Å². The summed E-state index contributed by atoms with van der Waals surface area (Å²) in [5.74, 6) is 0. The van der Waals surface area contributed by atoms with Crippen LogP contribution in [0.5, 0.6) is 0 Å². The van der Waals surface area contributed by atoms with Gasteiger partial charge in [-0.3, -0.25) is 0 Å². The van der Waals surface area contributed by atoms with E-state index in [4.69, 9.17) is 9.78 Å². The maximum Gasteiger partial charge on any atom is 0.0950 e. The highest BCUT2D eigenvalue weighted by Gasteiger charge is 2.26. The molecule has 0 rings (SSSR count). The zero-order valence-corrected chi connectivity index (χ0v) is 11.0. The van der Waals surface area contributed by atoms with E-state index in [0.717, 1.165) is 0 Å². The SMILES string of the molecule is CC(OOC(C)C(C)(C)C)C(C)(C)C. The summed E-state index contributed by atoms with van der Waals surface area (Å²) in [6, 6.07) is 0. The van der Waals surface area contributed by atoms with E-state index in [2.05, 4.69) is 41.5 Å². The van der Waals surface area contributed by atoms with Crippen molar-refractivity contribution in [3.63, 3.8) is 0 Å². The first-order valence-electron chi connectivity index (χ1n) is 5.37. The molecule has 0 aromatic heterocycles. The van der Waals surface area contributed by atoms with Crippen molar-refractivity contribution in [2.45, 2.75) is 67.6 Å². The van der Waals surface area contributed by atoms with E-state index in [1.54, 1.807) is 0 Å². The summed E-state index contributed by atoms with van der Waals surface area (Å²) in [4.78, 5) is 10.8. The zero-order chi connectivity index (χ0) is 11.6. The molecule has 0 aromatic rings. The van der Waals surface area contributed by atoms with Crippen LogP contribution in [0.25, 0.3) is 0 Å². The molecule has 2 nitrogen and oxygen atoms in total. The molecular formula is C12H26O2. The minimum Gasteiger partial charge on any atom is -0.233 e. The van der Waals surface area contributed by atoms with Crippen LogP contribution in [0.15, 0.2) is 0 Å². The highest BCUT2D eigenvalue weighted by atomic mass is 17.2. The minimum absolute atomic E-state index is 0.104. The molecule has 0 spiro atoms. The Kier molecular flexibility index (Phi) is 4.60. The molecule has 0 heterocycles. The molecular weight excluding hydrogens is 176 g/mol. The summed E-state index contributed by atoms with van der Waals surface area (Å²) in [7, 11) is 0. The second-order valence-corrected chi connectivity index (χ2v) is 6.21. The zero-order valence-electron chi connectivity index (χ0n) is 11.0. The smallest absolute Gasteiger partial charge is 0.0950 e. The average Bonchev–Trinajstić information content (AvgIpc) is 1.95. The standard InChI is InChI=1S/C12H26O2/c1-9(11(3,4)5)13-14-10(2)12(6,7)8/h9-10H,1-8H3. The van der Waals surface area contributed by atoms with Gasteiger partial charge in [-0.2, -0.15) is 0 Å². The maximum absolute atomic E-state index is 5.39. The van der Waals surface area contributed by atoms with Crippen molar-refractivity contribution in [3.05, 3.63) is 0 Å². The van der Waals surface area contributed by atoms with Crippen LogP contribution < -0.4 is 0 Å². The first-order valence-corrected chi connectivity index (χ1v) is 5.37. The lowest BCUT2D eigenvalue weighted by molar-refractivity contribution is -0.371. The van der Waals surface area contributed by atoms with Gasteiger partial charge in [-0.25, -0.2) is 9.78 Å². The largest absolute Gasteiger partial charge is 0.233 e. The number of rotatable bonds is 3. The molecule has 0 N–H and O–H groups in total.